The van der Waals surface area contributed by atoms with Crippen molar-refractivity contribution in [3.63, 3.8) is 0 Å². The zero-order valence-corrected chi connectivity index (χ0v) is 13.1. The molecule has 0 aliphatic carbocycles. The molecule has 0 heterocycles. The van der Waals surface area contributed by atoms with Gasteiger partial charge in [-0.25, -0.2) is 0 Å². The standard InChI is InChI=1S/C16H26N2O3/c1-12(2)18-16(3,15(17)20)9-4-10-21-14-7-5-13(11-19)6-8-14/h5-8,12,18-19H,4,9-11H2,1-3H3,(H2,17,20). The summed E-state index contributed by atoms with van der Waals surface area (Å²) in [7, 11) is 0. The predicted octanol–water partition coefficient (Wildman–Crippen LogP) is 1.58. The number of carbonyl (C=O) groups excluding carboxylic acids is 1. The van der Waals surface area contributed by atoms with Crippen LogP contribution >= 0.6 is 0 Å². The molecule has 21 heavy (non-hydrogen) atoms. The Morgan fingerprint density at radius 2 is 2.00 bits per heavy atom. The van der Waals surface area contributed by atoms with Gasteiger partial charge in [-0.2, -0.15) is 0 Å². The lowest BCUT2D eigenvalue weighted by Crippen LogP contribution is -2.55. The van der Waals surface area contributed by atoms with Gasteiger partial charge in [-0.15, -0.1) is 0 Å². The largest absolute Gasteiger partial charge is 0.494 e. The molecular weight excluding hydrogens is 268 g/mol. The van der Waals surface area contributed by atoms with E-state index in [0.717, 1.165) is 17.7 Å². The fourth-order valence-electron chi connectivity index (χ4n) is 2.21. The maximum Gasteiger partial charge on any atom is 0.237 e. The summed E-state index contributed by atoms with van der Waals surface area (Å²) in [6.45, 7) is 6.34. The van der Waals surface area contributed by atoms with E-state index in [-0.39, 0.29) is 18.6 Å². The fourth-order valence-corrected chi connectivity index (χ4v) is 2.21. The second kappa shape index (κ2) is 8.00. The predicted molar refractivity (Wildman–Crippen MR) is 83.0 cm³/mol. The van der Waals surface area contributed by atoms with E-state index in [1.54, 1.807) is 0 Å². The quantitative estimate of drug-likeness (QED) is 0.604. The van der Waals surface area contributed by atoms with Crippen LogP contribution < -0.4 is 15.8 Å². The Kier molecular flexibility index (Phi) is 6.65. The van der Waals surface area contributed by atoms with Gasteiger partial charge in [-0.1, -0.05) is 12.1 Å². The van der Waals surface area contributed by atoms with Gasteiger partial charge in [0.15, 0.2) is 0 Å². The molecule has 5 heteroatoms. The molecule has 0 bridgehead atoms. The van der Waals surface area contributed by atoms with Gasteiger partial charge < -0.3 is 20.9 Å². The van der Waals surface area contributed by atoms with Crippen LogP contribution in [0.5, 0.6) is 5.75 Å². The molecule has 1 unspecified atom stereocenters. The molecule has 0 fully saturated rings. The van der Waals surface area contributed by atoms with Crippen molar-refractivity contribution in [1.82, 2.24) is 5.32 Å². The van der Waals surface area contributed by atoms with E-state index in [0.29, 0.717) is 13.0 Å². The average molecular weight is 294 g/mol. The molecule has 0 saturated heterocycles. The summed E-state index contributed by atoms with van der Waals surface area (Å²) in [6.07, 6.45) is 1.34. The highest BCUT2D eigenvalue weighted by Crippen LogP contribution is 2.16. The minimum absolute atomic E-state index is 0.0259. The van der Waals surface area contributed by atoms with E-state index in [4.69, 9.17) is 15.6 Å². The lowest BCUT2D eigenvalue weighted by atomic mass is 9.94. The van der Waals surface area contributed by atoms with Gasteiger partial charge in [-0.3, -0.25) is 4.79 Å². The van der Waals surface area contributed by atoms with Crippen LogP contribution in [0.15, 0.2) is 24.3 Å². The Labute approximate surface area is 126 Å². The number of primary amides is 1. The molecule has 1 amide bonds. The lowest BCUT2D eigenvalue weighted by Gasteiger charge is -2.29. The summed E-state index contributed by atoms with van der Waals surface area (Å²) >= 11 is 0. The number of rotatable bonds is 9. The molecule has 1 rings (SSSR count). The minimum atomic E-state index is -0.710. The van der Waals surface area contributed by atoms with E-state index >= 15 is 0 Å². The molecule has 1 aromatic rings. The normalized spacial score (nSPS) is 14.0. The summed E-state index contributed by atoms with van der Waals surface area (Å²) in [6, 6.07) is 7.48. The van der Waals surface area contributed by atoms with E-state index < -0.39 is 5.54 Å². The fraction of sp³-hybridized carbons (Fsp3) is 0.562. The van der Waals surface area contributed by atoms with Crippen LogP contribution in [0.4, 0.5) is 0 Å². The average Bonchev–Trinajstić information content (AvgIpc) is 2.43. The number of aliphatic hydroxyl groups excluding tert-OH is 1. The number of aliphatic hydroxyl groups is 1. The van der Waals surface area contributed by atoms with Crippen LogP contribution in [0.1, 0.15) is 39.2 Å². The van der Waals surface area contributed by atoms with Crippen LogP contribution in [0.3, 0.4) is 0 Å². The number of amides is 1. The summed E-state index contributed by atoms with van der Waals surface area (Å²) < 4.78 is 5.62. The monoisotopic (exact) mass is 294 g/mol. The maximum atomic E-state index is 11.6. The van der Waals surface area contributed by atoms with Gasteiger partial charge in [-0.05, 0) is 51.3 Å². The number of hydrogen-bond donors (Lipinski definition) is 3. The van der Waals surface area contributed by atoms with Crippen molar-refractivity contribution in [3.8, 4) is 5.75 Å². The minimum Gasteiger partial charge on any atom is -0.494 e. The Bertz CT molecular complexity index is 445. The van der Waals surface area contributed by atoms with Crippen LogP contribution in [-0.4, -0.2) is 29.2 Å². The number of nitrogens with two attached hydrogens (primary N) is 1. The first-order chi connectivity index (χ1) is 9.87. The van der Waals surface area contributed by atoms with Crippen molar-refractivity contribution in [2.24, 2.45) is 5.73 Å². The smallest absolute Gasteiger partial charge is 0.237 e. The first-order valence-electron chi connectivity index (χ1n) is 7.27. The number of nitrogens with one attached hydrogen (secondary N) is 1. The van der Waals surface area contributed by atoms with Crippen LogP contribution in [-0.2, 0) is 11.4 Å². The Hall–Kier alpha value is -1.59. The SMILES string of the molecule is CC(C)NC(C)(CCCOc1ccc(CO)cc1)C(N)=O. The first kappa shape index (κ1) is 17.5. The summed E-state index contributed by atoms with van der Waals surface area (Å²) in [5.41, 5.74) is 5.62. The van der Waals surface area contributed by atoms with Gasteiger partial charge in [0.25, 0.3) is 0 Å². The van der Waals surface area contributed by atoms with Gasteiger partial charge in [0.05, 0.1) is 18.8 Å². The Morgan fingerprint density at radius 1 is 1.38 bits per heavy atom. The van der Waals surface area contributed by atoms with Gasteiger partial charge in [0, 0.05) is 6.04 Å². The number of ether oxygens (including phenoxy) is 1. The van der Waals surface area contributed by atoms with Gasteiger partial charge in [0.2, 0.25) is 5.91 Å². The first-order valence-corrected chi connectivity index (χ1v) is 7.27. The number of benzene rings is 1. The molecule has 0 aromatic heterocycles. The number of carbonyl (C=O) groups is 1. The van der Waals surface area contributed by atoms with E-state index in [2.05, 4.69) is 5.32 Å². The summed E-state index contributed by atoms with van der Waals surface area (Å²) in [5, 5.41) is 12.2. The van der Waals surface area contributed by atoms with Crippen LogP contribution in [0.2, 0.25) is 0 Å². The Morgan fingerprint density at radius 3 is 2.48 bits per heavy atom. The summed E-state index contributed by atoms with van der Waals surface area (Å²) in [5.74, 6) is 0.410. The molecule has 1 atom stereocenters. The highest BCUT2D eigenvalue weighted by Gasteiger charge is 2.30. The summed E-state index contributed by atoms with van der Waals surface area (Å²) in [4.78, 5) is 11.6. The van der Waals surface area contributed by atoms with Crippen molar-refractivity contribution in [2.75, 3.05) is 6.61 Å². The maximum absolute atomic E-state index is 11.6. The molecular formula is C16H26N2O3. The third kappa shape index (κ3) is 5.73. The van der Waals surface area contributed by atoms with Crippen molar-refractivity contribution in [2.45, 2.75) is 51.8 Å². The highest BCUT2D eigenvalue weighted by atomic mass is 16.5. The third-order valence-corrected chi connectivity index (χ3v) is 3.35. The highest BCUT2D eigenvalue weighted by molar-refractivity contribution is 5.84. The van der Waals surface area contributed by atoms with Crippen molar-refractivity contribution < 1.29 is 14.6 Å². The van der Waals surface area contributed by atoms with Crippen molar-refractivity contribution >= 4 is 5.91 Å². The van der Waals surface area contributed by atoms with Crippen molar-refractivity contribution in [3.05, 3.63) is 29.8 Å². The Balaban J connectivity index is 2.42. The second-order valence-corrected chi connectivity index (χ2v) is 5.75. The second-order valence-electron chi connectivity index (χ2n) is 5.75. The molecule has 1 aromatic carbocycles. The molecule has 0 spiro atoms. The molecule has 0 saturated carbocycles. The van der Waals surface area contributed by atoms with E-state index in [1.807, 2.05) is 45.0 Å². The van der Waals surface area contributed by atoms with E-state index in [9.17, 15) is 4.79 Å². The van der Waals surface area contributed by atoms with Gasteiger partial charge in [0.1, 0.15) is 5.75 Å². The molecule has 0 aliphatic rings. The van der Waals surface area contributed by atoms with Gasteiger partial charge >= 0.3 is 0 Å². The number of hydrogen-bond acceptors (Lipinski definition) is 4. The topological polar surface area (TPSA) is 84.6 Å². The molecule has 118 valence electrons. The zero-order chi connectivity index (χ0) is 15.9. The lowest BCUT2D eigenvalue weighted by molar-refractivity contribution is -0.124. The van der Waals surface area contributed by atoms with E-state index in [1.165, 1.54) is 0 Å². The van der Waals surface area contributed by atoms with Crippen LogP contribution in [0.25, 0.3) is 0 Å². The molecule has 5 nitrogen and oxygen atoms in total. The molecule has 4 N–H and O–H groups in total. The third-order valence-electron chi connectivity index (χ3n) is 3.35. The molecule has 0 radical (unpaired) electrons. The van der Waals surface area contributed by atoms with Crippen LogP contribution in [0, 0.1) is 0 Å². The molecule has 0 aliphatic heterocycles. The zero-order valence-electron chi connectivity index (χ0n) is 13.1. The van der Waals surface area contributed by atoms with Crippen molar-refractivity contribution in [1.29, 1.82) is 0 Å².